The second-order valence-corrected chi connectivity index (χ2v) is 4.09. The van der Waals surface area contributed by atoms with Crippen LogP contribution in [-0.4, -0.2) is 18.2 Å². The quantitative estimate of drug-likeness (QED) is 0.778. The maximum atomic E-state index is 6.08. The Hall–Kier alpha value is -1.09. The minimum atomic E-state index is 0.385. The fraction of sp³-hybridized carbons (Fsp3) is 0.545. The van der Waals surface area contributed by atoms with E-state index in [4.69, 9.17) is 10.5 Å². The van der Waals surface area contributed by atoms with E-state index in [0.29, 0.717) is 11.8 Å². The molecule has 2 rings (SSSR count). The van der Waals surface area contributed by atoms with Crippen LogP contribution in [0, 0.1) is 0 Å². The highest BCUT2D eigenvalue weighted by atomic mass is 16.5. The molecule has 1 aliphatic rings. The van der Waals surface area contributed by atoms with Gasteiger partial charge in [-0.05, 0) is 17.5 Å². The Morgan fingerprint density at radius 3 is 2.71 bits per heavy atom. The number of pyridine rings is 1. The van der Waals surface area contributed by atoms with Gasteiger partial charge in [-0.2, -0.15) is 0 Å². The molecule has 3 heteroatoms. The molecule has 1 aromatic rings. The summed E-state index contributed by atoms with van der Waals surface area (Å²) in [5.41, 5.74) is 9.15. The van der Waals surface area contributed by atoms with Crippen molar-refractivity contribution in [1.82, 2.24) is 4.98 Å². The number of anilines is 1. The summed E-state index contributed by atoms with van der Waals surface area (Å²) in [4.78, 5) is 4.31. The summed E-state index contributed by atoms with van der Waals surface area (Å²) in [5, 5.41) is 0. The summed E-state index contributed by atoms with van der Waals surface area (Å²) in [5.74, 6) is 0.867. The van der Waals surface area contributed by atoms with Crippen LogP contribution in [0.15, 0.2) is 12.3 Å². The number of ether oxygens (including phenoxy) is 1. The molecule has 1 fully saturated rings. The summed E-state index contributed by atoms with van der Waals surface area (Å²) in [6.45, 7) is 5.82. The number of nitrogen functional groups attached to an aromatic ring is 1. The Balaban J connectivity index is 2.35. The highest BCUT2D eigenvalue weighted by molar-refractivity contribution is 5.53. The predicted molar refractivity (Wildman–Crippen MR) is 56.3 cm³/mol. The molecule has 0 spiro atoms. The first-order chi connectivity index (χ1) is 6.70. The lowest BCUT2D eigenvalue weighted by Crippen LogP contribution is -2.26. The van der Waals surface area contributed by atoms with Gasteiger partial charge in [0.1, 0.15) is 0 Å². The summed E-state index contributed by atoms with van der Waals surface area (Å²) in [6.07, 6.45) is 1.85. The van der Waals surface area contributed by atoms with Crippen molar-refractivity contribution in [3.8, 4) is 0 Å². The molecule has 0 aromatic carbocycles. The van der Waals surface area contributed by atoms with E-state index >= 15 is 0 Å². The first-order valence-electron chi connectivity index (χ1n) is 5.02. The van der Waals surface area contributed by atoms with Crippen LogP contribution in [0.2, 0.25) is 0 Å². The molecular weight excluding hydrogens is 176 g/mol. The van der Waals surface area contributed by atoms with E-state index in [2.05, 4.69) is 18.8 Å². The van der Waals surface area contributed by atoms with Crippen molar-refractivity contribution in [3.05, 3.63) is 23.5 Å². The van der Waals surface area contributed by atoms with Crippen LogP contribution in [0.25, 0.3) is 0 Å². The Kier molecular flexibility index (Phi) is 2.42. The number of nitrogens with zero attached hydrogens (tertiary/aromatic N) is 1. The number of nitrogens with two attached hydrogens (primary N) is 1. The normalized spacial score (nSPS) is 17.1. The molecule has 0 aliphatic carbocycles. The van der Waals surface area contributed by atoms with E-state index in [1.807, 2.05) is 12.3 Å². The van der Waals surface area contributed by atoms with Crippen LogP contribution in [-0.2, 0) is 4.74 Å². The molecule has 2 heterocycles. The van der Waals surface area contributed by atoms with Crippen molar-refractivity contribution in [1.29, 1.82) is 0 Å². The van der Waals surface area contributed by atoms with Gasteiger partial charge in [-0.1, -0.05) is 13.8 Å². The zero-order chi connectivity index (χ0) is 10.1. The Labute approximate surface area is 84.3 Å². The van der Waals surface area contributed by atoms with Crippen LogP contribution in [0.5, 0.6) is 0 Å². The van der Waals surface area contributed by atoms with E-state index in [1.54, 1.807) is 0 Å². The SMILES string of the molecule is CC(C)c1nccc(C2COC2)c1N. The maximum Gasteiger partial charge on any atom is 0.0660 e. The third-order valence-corrected chi connectivity index (χ3v) is 2.68. The van der Waals surface area contributed by atoms with Crippen LogP contribution >= 0.6 is 0 Å². The van der Waals surface area contributed by atoms with Crippen molar-refractivity contribution in [3.63, 3.8) is 0 Å². The molecule has 0 amide bonds. The molecule has 1 saturated heterocycles. The van der Waals surface area contributed by atoms with E-state index in [-0.39, 0.29) is 0 Å². The van der Waals surface area contributed by atoms with Crippen LogP contribution < -0.4 is 5.73 Å². The van der Waals surface area contributed by atoms with Crippen LogP contribution in [0.4, 0.5) is 5.69 Å². The standard InChI is InChI=1S/C11H16N2O/c1-7(2)11-10(12)9(3-4-13-11)8-5-14-6-8/h3-4,7-8H,5-6,12H2,1-2H3. The van der Waals surface area contributed by atoms with Gasteiger partial charge in [-0.3, -0.25) is 4.98 Å². The van der Waals surface area contributed by atoms with E-state index in [9.17, 15) is 0 Å². The average Bonchev–Trinajstić information content (AvgIpc) is 2.04. The van der Waals surface area contributed by atoms with Crippen LogP contribution in [0.3, 0.4) is 0 Å². The minimum absolute atomic E-state index is 0.385. The molecule has 76 valence electrons. The third-order valence-electron chi connectivity index (χ3n) is 2.68. The molecule has 0 saturated carbocycles. The molecule has 14 heavy (non-hydrogen) atoms. The van der Waals surface area contributed by atoms with Crippen molar-refractivity contribution in [2.75, 3.05) is 18.9 Å². The summed E-state index contributed by atoms with van der Waals surface area (Å²) in [6, 6.07) is 2.01. The zero-order valence-corrected chi connectivity index (χ0v) is 8.66. The fourth-order valence-corrected chi connectivity index (χ4v) is 1.74. The van der Waals surface area contributed by atoms with Gasteiger partial charge >= 0.3 is 0 Å². The molecule has 0 bridgehead atoms. The number of hydrogen-bond donors (Lipinski definition) is 1. The van der Waals surface area contributed by atoms with Crippen LogP contribution in [0.1, 0.15) is 36.9 Å². The van der Waals surface area contributed by atoms with Gasteiger partial charge < -0.3 is 10.5 Å². The molecular formula is C11H16N2O. The van der Waals surface area contributed by atoms with Gasteiger partial charge in [-0.25, -0.2) is 0 Å². The van der Waals surface area contributed by atoms with E-state index < -0.39 is 0 Å². The van der Waals surface area contributed by atoms with Gasteiger partial charge in [0.15, 0.2) is 0 Å². The molecule has 1 aromatic heterocycles. The van der Waals surface area contributed by atoms with Gasteiger partial charge in [0.25, 0.3) is 0 Å². The number of hydrogen-bond acceptors (Lipinski definition) is 3. The Morgan fingerprint density at radius 1 is 1.50 bits per heavy atom. The average molecular weight is 192 g/mol. The molecule has 0 radical (unpaired) electrons. The van der Waals surface area contributed by atoms with E-state index in [1.165, 1.54) is 5.56 Å². The Bertz CT molecular complexity index is 332. The van der Waals surface area contributed by atoms with E-state index in [0.717, 1.165) is 24.6 Å². The van der Waals surface area contributed by atoms with Gasteiger partial charge in [0.05, 0.1) is 24.6 Å². The fourth-order valence-electron chi connectivity index (χ4n) is 1.74. The first-order valence-corrected chi connectivity index (χ1v) is 5.02. The summed E-state index contributed by atoms with van der Waals surface area (Å²) in [7, 11) is 0. The first kappa shape index (κ1) is 9.46. The monoisotopic (exact) mass is 192 g/mol. The predicted octanol–water partition coefficient (Wildman–Crippen LogP) is 1.90. The summed E-state index contributed by atoms with van der Waals surface area (Å²) < 4.78 is 5.17. The molecule has 3 nitrogen and oxygen atoms in total. The Morgan fingerprint density at radius 2 is 2.21 bits per heavy atom. The highest BCUT2D eigenvalue weighted by Crippen LogP contribution is 2.31. The van der Waals surface area contributed by atoms with Crippen molar-refractivity contribution < 1.29 is 4.74 Å². The lowest BCUT2D eigenvalue weighted by atomic mass is 9.94. The third kappa shape index (κ3) is 1.48. The number of aromatic nitrogens is 1. The molecule has 1 aliphatic heterocycles. The van der Waals surface area contributed by atoms with Gasteiger partial charge in [0.2, 0.25) is 0 Å². The topological polar surface area (TPSA) is 48.1 Å². The zero-order valence-electron chi connectivity index (χ0n) is 8.66. The smallest absolute Gasteiger partial charge is 0.0660 e. The molecule has 0 atom stereocenters. The lowest BCUT2D eigenvalue weighted by molar-refractivity contribution is 0.00865. The second-order valence-electron chi connectivity index (χ2n) is 4.09. The second kappa shape index (κ2) is 3.58. The molecule has 2 N–H and O–H groups in total. The van der Waals surface area contributed by atoms with Gasteiger partial charge in [-0.15, -0.1) is 0 Å². The number of rotatable bonds is 2. The van der Waals surface area contributed by atoms with Crippen molar-refractivity contribution in [2.24, 2.45) is 0 Å². The minimum Gasteiger partial charge on any atom is -0.397 e. The highest BCUT2D eigenvalue weighted by Gasteiger charge is 2.24. The van der Waals surface area contributed by atoms with Crippen molar-refractivity contribution in [2.45, 2.75) is 25.7 Å². The maximum absolute atomic E-state index is 6.08. The largest absolute Gasteiger partial charge is 0.397 e. The molecule has 0 unspecified atom stereocenters. The van der Waals surface area contributed by atoms with Crippen molar-refractivity contribution >= 4 is 5.69 Å². The lowest BCUT2D eigenvalue weighted by Gasteiger charge is -2.28. The van der Waals surface area contributed by atoms with Gasteiger partial charge in [0, 0.05) is 12.1 Å². The summed E-state index contributed by atoms with van der Waals surface area (Å²) >= 11 is 0.